The molecule has 0 radical (unpaired) electrons. The van der Waals surface area contributed by atoms with Gasteiger partial charge in [-0.3, -0.25) is 4.79 Å². The number of nitrogens with one attached hydrogen (secondary N) is 3. The maximum absolute atomic E-state index is 12.7. The quantitative estimate of drug-likeness (QED) is 0.549. The molecule has 7 nitrogen and oxygen atoms in total. The average molecular weight is 423 g/mol. The van der Waals surface area contributed by atoms with Crippen LogP contribution < -0.4 is 16.0 Å². The second-order valence-electron chi connectivity index (χ2n) is 6.49. The zero-order valence-corrected chi connectivity index (χ0v) is 15.9. The summed E-state index contributed by atoms with van der Waals surface area (Å²) < 4.78 is 38.2. The van der Waals surface area contributed by atoms with E-state index >= 15 is 0 Å². The SMILES string of the molecule is C[C@H](NC(=O)Nc1cccc(C(F)(F)F)c1)C(=O)N[C@H](Cc1ccccc1)C(=O)O. The van der Waals surface area contributed by atoms with Gasteiger partial charge in [-0.2, -0.15) is 13.2 Å². The van der Waals surface area contributed by atoms with Gasteiger partial charge in [0.1, 0.15) is 12.1 Å². The van der Waals surface area contributed by atoms with Gasteiger partial charge in [0, 0.05) is 12.1 Å². The average Bonchev–Trinajstić information content (AvgIpc) is 2.67. The first-order valence-electron chi connectivity index (χ1n) is 8.88. The number of halogens is 3. The van der Waals surface area contributed by atoms with Gasteiger partial charge in [-0.1, -0.05) is 36.4 Å². The van der Waals surface area contributed by atoms with Crippen LogP contribution in [0.3, 0.4) is 0 Å². The lowest BCUT2D eigenvalue weighted by Gasteiger charge is -2.19. The van der Waals surface area contributed by atoms with E-state index in [0.717, 1.165) is 18.2 Å². The lowest BCUT2D eigenvalue weighted by molar-refractivity contribution is -0.142. The van der Waals surface area contributed by atoms with Crippen molar-refractivity contribution in [3.05, 3.63) is 65.7 Å². The zero-order valence-electron chi connectivity index (χ0n) is 15.9. The van der Waals surface area contributed by atoms with Crippen LogP contribution in [0.2, 0.25) is 0 Å². The van der Waals surface area contributed by atoms with Crippen LogP contribution in [0.4, 0.5) is 23.7 Å². The van der Waals surface area contributed by atoms with E-state index in [2.05, 4.69) is 16.0 Å². The molecule has 0 unspecified atom stereocenters. The predicted octanol–water partition coefficient (Wildman–Crippen LogP) is 3.03. The number of anilines is 1. The van der Waals surface area contributed by atoms with E-state index in [1.807, 2.05) is 0 Å². The number of alkyl halides is 3. The Morgan fingerprint density at radius 3 is 2.27 bits per heavy atom. The van der Waals surface area contributed by atoms with Gasteiger partial charge in [0.05, 0.1) is 5.56 Å². The van der Waals surface area contributed by atoms with Crippen molar-refractivity contribution in [2.45, 2.75) is 31.6 Å². The van der Waals surface area contributed by atoms with Crippen molar-refractivity contribution in [2.75, 3.05) is 5.32 Å². The van der Waals surface area contributed by atoms with Crippen LogP contribution in [0.1, 0.15) is 18.1 Å². The Kier molecular flexibility index (Phi) is 7.40. The van der Waals surface area contributed by atoms with Crippen LogP contribution >= 0.6 is 0 Å². The fourth-order valence-electron chi connectivity index (χ4n) is 2.55. The predicted molar refractivity (Wildman–Crippen MR) is 103 cm³/mol. The van der Waals surface area contributed by atoms with Crippen LogP contribution in [0, 0.1) is 0 Å². The molecule has 0 spiro atoms. The monoisotopic (exact) mass is 423 g/mol. The van der Waals surface area contributed by atoms with Crippen LogP contribution in [-0.2, 0) is 22.2 Å². The van der Waals surface area contributed by atoms with Crippen molar-refractivity contribution in [2.24, 2.45) is 0 Å². The van der Waals surface area contributed by atoms with E-state index < -0.39 is 41.7 Å². The maximum Gasteiger partial charge on any atom is 0.416 e. The number of hydrogen-bond acceptors (Lipinski definition) is 3. The van der Waals surface area contributed by atoms with Gasteiger partial charge in [0.2, 0.25) is 5.91 Å². The molecule has 0 saturated heterocycles. The second kappa shape index (κ2) is 9.77. The molecule has 10 heteroatoms. The summed E-state index contributed by atoms with van der Waals surface area (Å²) in [5.74, 6) is -2.00. The summed E-state index contributed by atoms with van der Waals surface area (Å²) in [5, 5.41) is 16.1. The molecule has 2 atom stereocenters. The highest BCUT2D eigenvalue weighted by atomic mass is 19.4. The highest BCUT2D eigenvalue weighted by molar-refractivity contribution is 5.94. The first-order valence-corrected chi connectivity index (χ1v) is 8.88. The van der Waals surface area contributed by atoms with E-state index in [1.165, 1.54) is 13.0 Å². The number of aliphatic carboxylic acids is 1. The molecule has 0 fully saturated rings. The minimum absolute atomic E-state index is 0.0467. The topological polar surface area (TPSA) is 108 Å². The summed E-state index contributed by atoms with van der Waals surface area (Å²) in [7, 11) is 0. The smallest absolute Gasteiger partial charge is 0.416 e. The van der Waals surface area contributed by atoms with Crippen LogP contribution in [0.25, 0.3) is 0 Å². The lowest BCUT2D eigenvalue weighted by Crippen LogP contribution is -2.51. The Hall–Kier alpha value is -3.56. The normalized spacial score (nSPS) is 13.1. The number of benzene rings is 2. The molecule has 4 N–H and O–H groups in total. The van der Waals surface area contributed by atoms with Crippen molar-refractivity contribution >= 4 is 23.6 Å². The highest BCUT2D eigenvalue weighted by Crippen LogP contribution is 2.30. The van der Waals surface area contributed by atoms with E-state index in [9.17, 15) is 32.7 Å². The molecule has 30 heavy (non-hydrogen) atoms. The molecule has 0 aliphatic carbocycles. The fraction of sp³-hybridized carbons (Fsp3) is 0.250. The summed E-state index contributed by atoms with van der Waals surface area (Å²) in [5.41, 5.74) is -0.341. The number of urea groups is 1. The Bertz CT molecular complexity index is 904. The first-order chi connectivity index (χ1) is 14.1. The largest absolute Gasteiger partial charge is 0.480 e. The molecular weight excluding hydrogens is 403 g/mol. The van der Waals surface area contributed by atoms with Crippen LogP contribution in [0.15, 0.2) is 54.6 Å². The van der Waals surface area contributed by atoms with Crippen LogP contribution in [0.5, 0.6) is 0 Å². The number of carbonyl (C=O) groups excluding carboxylic acids is 2. The van der Waals surface area contributed by atoms with Crippen molar-refractivity contribution in [3.63, 3.8) is 0 Å². The summed E-state index contributed by atoms with van der Waals surface area (Å²) in [6.07, 6.45) is -4.52. The van der Waals surface area contributed by atoms with Crippen molar-refractivity contribution < 1.29 is 32.7 Å². The Morgan fingerprint density at radius 1 is 1.00 bits per heavy atom. The van der Waals surface area contributed by atoms with Gasteiger partial charge in [-0.15, -0.1) is 0 Å². The van der Waals surface area contributed by atoms with E-state index in [0.29, 0.717) is 5.56 Å². The summed E-state index contributed by atoms with van der Waals surface area (Å²) in [6, 6.07) is 9.43. The minimum atomic E-state index is -4.56. The molecule has 0 heterocycles. The molecule has 0 aliphatic heterocycles. The fourth-order valence-corrected chi connectivity index (χ4v) is 2.55. The van der Waals surface area contributed by atoms with Gasteiger partial charge in [-0.05, 0) is 30.7 Å². The number of carboxylic acid groups (broad SMARTS) is 1. The van der Waals surface area contributed by atoms with Gasteiger partial charge in [-0.25, -0.2) is 9.59 Å². The van der Waals surface area contributed by atoms with Gasteiger partial charge in [0.15, 0.2) is 0 Å². The molecule has 3 amide bonds. The molecule has 0 aliphatic rings. The summed E-state index contributed by atoms with van der Waals surface area (Å²) in [4.78, 5) is 35.7. The molecule has 160 valence electrons. The van der Waals surface area contributed by atoms with Gasteiger partial charge < -0.3 is 21.1 Å². The number of carbonyl (C=O) groups is 3. The molecule has 2 aromatic carbocycles. The Balaban J connectivity index is 1.94. The highest BCUT2D eigenvalue weighted by Gasteiger charge is 2.30. The molecule has 2 aromatic rings. The number of carboxylic acids is 1. The molecular formula is C20H20F3N3O4. The third kappa shape index (κ3) is 6.80. The van der Waals surface area contributed by atoms with E-state index in [1.54, 1.807) is 30.3 Å². The molecule has 0 aromatic heterocycles. The summed E-state index contributed by atoms with van der Waals surface area (Å²) in [6.45, 7) is 1.32. The third-order valence-electron chi connectivity index (χ3n) is 4.09. The van der Waals surface area contributed by atoms with E-state index in [-0.39, 0.29) is 12.1 Å². The van der Waals surface area contributed by atoms with Gasteiger partial charge in [0.25, 0.3) is 0 Å². The standard InChI is InChI=1S/C20H20F3N3O4/c1-12(17(27)26-16(18(28)29)10-13-6-3-2-4-7-13)24-19(30)25-15-9-5-8-14(11-15)20(21,22)23/h2-9,11-12,16H,10H2,1H3,(H,26,27)(H,28,29)(H2,24,25,30)/t12-,16+/m0/s1. The Morgan fingerprint density at radius 2 is 1.67 bits per heavy atom. The van der Waals surface area contributed by atoms with Gasteiger partial charge >= 0.3 is 18.2 Å². The maximum atomic E-state index is 12.7. The van der Waals surface area contributed by atoms with E-state index in [4.69, 9.17) is 0 Å². The molecule has 2 rings (SSSR count). The molecule has 0 saturated carbocycles. The third-order valence-corrected chi connectivity index (χ3v) is 4.09. The Labute approximate surface area is 170 Å². The van der Waals surface area contributed by atoms with Crippen molar-refractivity contribution in [1.29, 1.82) is 0 Å². The zero-order chi connectivity index (χ0) is 22.3. The molecule has 0 bridgehead atoms. The minimum Gasteiger partial charge on any atom is -0.480 e. The lowest BCUT2D eigenvalue weighted by atomic mass is 10.1. The number of amides is 3. The summed E-state index contributed by atoms with van der Waals surface area (Å²) >= 11 is 0. The number of rotatable bonds is 7. The number of hydrogen-bond donors (Lipinski definition) is 4. The van der Waals surface area contributed by atoms with Crippen molar-refractivity contribution in [3.8, 4) is 0 Å². The second-order valence-corrected chi connectivity index (χ2v) is 6.49. The van der Waals surface area contributed by atoms with Crippen molar-refractivity contribution in [1.82, 2.24) is 10.6 Å². The van der Waals surface area contributed by atoms with Crippen LogP contribution in [-0.4, -0.2) is 35.1 Å². The first kappa shape index (κ1) is 22.7.